The molecule has 102 valence electrons. The predicted molar refractivity (Wildman–Crippen MR) is 75.3 cm³/mol. The van der Waals surface area contributed by atoms with Gasteiger partial charge in [-0.25, -0.2) is 0 Å². The summed E-state index contributed by atoms with van der Waals surface area (Å²) in [6.07, 6.45) is 0. The number of hydrogen-bond donors (Lipinski definition) is 1. The molecule has 0 aliphatic heterocycles. The maximum Gasteiger partial charge on any atom is 0.122 e. The normalized spacial score (nSPS) is 11.6. The Kier molecular flexibility index (Phi) is 5.63. The maximum atomic E-state index is 5.57. The SMILES string of the molecule is CCOc1ccc(C(C)(C)CNCOC)cc1C. The largest absolute Gasteiger partial charge is 0.494 e. The Labute approximate surface area is 110 Å². The molecule has 0 unspecified atom stereocenters. The van der Waals surface area contributed by atoms with E-state index in [1.807, 2.05) is 6.92 Å². The van der Waals surface area contributed by atoms with E-state index >= 15 is 0 Å². The second-order valence-corrected chi connectivity index (χ2v) is 5.16. The lowest BCUT2D eigenvalue weighted by Crippen LogP contribution is -2.34. The van der Waals surface area contributed by atoms with Gasteiger partial charge in [0.25, 0.3) is 0 Å². The van der Waals surface area contributed by atoms with Crippen molar-refractivity contribution in [3.8, 4) is 5.75 Å². The number of methoxy groups -OCH3 is 1. The molecule has 3 nitrogen and oxygen atoms in total. The fraction of sp³-hybridized carbons (Fsp3) is 0.600. The van der Waals surface area contributed by atoms with Crippen LogP contribution in [0.2, 0.25) is 0 Å². The van der Waals surface area contributed by atoms with Crippen LogP contribution < -0.4 is 10.1 Å². The van der Waals surface area contributed by atoms with Gasteiger partial charge in [0, 0.05) is 19.1 Å². The average molecular weight is 251 g/mol. The van der Waals surface area contributed by atoms with Crippen LogP contribution >= 0.6 is 0 Å². The van der Waals surface area contributed by atoms with Gasteiger partial charge < -0.3 is 9.47 Å². The van der Waals surface area contributed by atoms with Crippen LogP contribution in [0.3, 0.4) is 0 Å². The van der Waals surface area contributed by atoms with Crippen LogP contribution in [0.25, 0.3) is 0 Å². The first-order valence-corrected chi connectivity index (χ1v) is 6.45. The smallest absolute Gasteiger partial charge is 0.122 e. The molecular weight excluding hydrogens is 226 g/mol. The number of benzene rings is 1. The fourth-order valence-corrected chi connectivity index (χ4v) is 1.96. The summed E-state index contributed by atoms with van der Waals surface area (Å²) in [6, 6.07) is 6.41. The van der Waals surface area contributed by atoms with Crippen LogP contribution in [-0.4, -0.2) is 27.0 Å². The minimum Gasteiger partial charge on any atom is -0.494 e. The van der Waals surface area contributed by atoms with Crippen molar-refractivity contribution in [2.45, 2.75) is 33.1 Å². The molecule has 1 N–H and O–H groups in total. The highest BCUT2D eigenvalue weighted by Gasteiger charge is 2.20. The van der Waals surface area contributed by atoms with Gasteiger partial charge in [-0.05, 0) is 31.0 Å². The van der Waals surface area contributed by atoms with Crippen molar-refractivity contribution in [3.05, 3.63) is 29.3 Å². The summed E-state index contributed by atoms with van der Waals surface area (Å²) in [4.78, 5) is 0. The standard InChI is InChI=1S/C15H25NO2/c1-6-18-14-8-7-13(9-12(14)2)15(3,4)10-16-11-17-5/h7-9,16H,6,10-11H2,1-5H3. The zero-order valence-corrected chi connectivity index (χ0v) is 12.2. The van der Waals surface area contributed by atoms with Crippen LogP contribution in [0.1, 0.15) is 31.9 Å². The Morgan fingerprint density at radius 1 is 1.28 bits per heavy atom. The van der Waals surface area contributed by atoms with E-state index < -0.39 is 0 Å². The van der Waals surface area contributed by atoms with E-state index in [2.05, 4.69) is 44.3 Å². The number of ether oxygens (including phenoxy) is 2. The molecule has 0 amide bonds. The average Bonchev–Trinajstić information content (AvgIpc) is 2.32. The molecule has 3 heteroatoms. The Balaban J connectivity index is 2.79. The van der Waals surface area contributed by atoms with E-state index in [-0.39, 0.29) is 5.41 Å². The highest BCUT2D eigenvalue weighted by Crippen LogP contribution is 2.27. The van der Waals surface area contributed by atoms with E-state index in [1.165, 1.54) is 11.1 Å². The van der Waals surface area contributed by atoms with Gasteiger partial charge in [-0.2, -0.15) is 0 Å². The van der Waals surface area contributed by atoms with Gasteiger partial charge in [-0.15, -0.1) is 0 Å². The van der Waals surface area contributed by atoms with Crippen LogP contribution in [-0.2, 0) is 10.2 Å². The molecule has 0 radical (unpaired) electrons. The van der Waals surface area contributed by atoms with Gasteiger partial charge in [0.15, 0.2) is 0 Å². The van der Waals surface area contributed by atoms with Gasteiger partial charge in [-0.3, -0.25) is 5.32 Å². The molecule has 0 atom stereocenters. The third kappa shape index (κ3) is 4.00. The van der Waals surface area contributed by atoms with Crippen LogP contribution in [0, 0.1) is 6.92 Å². The zero-order valence-electron chi connectivity index (χ0n) is 12.2. The number of aryl methyl sites for hydroxylation is 1. The number of hydrogen-bond acceptors (Lipinski definition) is 3. The summed E-state index contributed by atoms with van der Waals surface area (Å²) in [6.45, 7) is 10.7. The van der Waals surface area contributed by atoms with Crippen molar-refractivity contribution in [1.82, 2.24) is 5.32 Å². The first-order valence-electron chi connectivity index (χ1n) is 6.45. The van der Waals surface area contributed by atoms with Gasteiger partial charge in [0.05, 0.1) is 13.3 Å². The van der Waals surface area contributed by atoms with Gasteiger partial charge in [0.1, 0.15) is 5.75 Å². The lowest BCUT2D eigenvalue weighted by atomic mass is 9.84. The second kappa shape index (κ2) is 6.76. The monoisotopic (exact) mass is 251 g/mol. The van der Waals surface area contributed by atoms with Crippen molar-refractivity contribution in [2.75, 3.05) is 27.0 Å². The summed E-state index contributed by atoms with van der Waals surface area (Å²) in [5.74, 6) is 0.974. The van der Waals surface area contributed by atoms with Crippen molar-refractivity contribution in [2.24, 2.45) is 0 Å². The summed E-state index contributed by atoms with van der Waals surface area (Å²) in [5.41, 5.74) is 2.58. The van der Waals surface area contributed by atoms with E-state index in [9.17, 15) is 0 Å². The summed E-state index contributed by atoms with van der Waals surface area (Å²) >= 11 is 0. The van der Waals surface area contributed by atoms with E-state index in [0.717, 1.165) is 12.3 Å². The molecule has 1 aromatic carbocycles. The summed E-state index contributed by atoms with van der Waals surface area (Å²) in [5, 5.41) is 3.28. The molecule has 0 aliphatic rings. The molecule has 0 saturated heterocycles. The molecule has 0 aliphatic carbocycles. The molecule has 1 aromatic rings. The van der Waals surface area contributed by atoms with Crippen molar-refractivity contribution in [1.29, 1.82) is 0 Å². The minimum absolute atomic E-state index is 0.0774. The quantitative estimate of drug-likeness (QED) is 0.597. The highest BCUT2D eigenvalue weighted by atomic mass is 16.5. The molecular formula is C15H25NO2. The van der Waals surface area contributed by atoms with Gasteiger partial charge >= 0.3 is 0 Å². The number of rotatable bonds is 7. The van der Waals surface area contributed by atoms with Crippen molar-refractivity contribution < 1.29 is 9.47 Å². The van der Waals surface area contributed by atoms with Gasteiger partial charge in [0.2, 0.25) is 0 Å². The lowest BCUT2D eigenvalue weighted by Gasteiger charge is -2.26. The second-order valence-electron chi connectivity index (χ2n) is 5.16. The predicted octanol–water partition coefficient (Wildman–Crippen LogP) is 2.86. The zero-order chi connectivity index (χ0) is 13.6. The van der Waals surface area contributed by atoms with E-state index in [1.54, 1.807) is 7.11 Å². The van der Waals surface area contributed by atoms with Gasteiger partial charge in [-0.1, -0.05) is 26.0 Å². The van der Waals surface area contributed by atoms with Crippen molar-refractivity contribution >= 4 is 0 Å². The first kappa shape index (κ1) is 15.0. The summed E-state index contributed by atoms with van der Waals surface area (Å²) < 4.78 is 10.6. The van der Waals surface area contributed by atoms with Crippen LogP contribution in [0.4, 0.5) is 0 Å². The van der Waals surface area contributed by atoms with E-state index in [4.69, 9.17) is 9.47 Å². The Hall–Kier alpha value is -1.06. The van der Waals surface area contributed by atoms with Crippen LogP contribution in [0.15, 0.2) is 18.2 Å². The number of nitrogens with one attached hydrogen (secondary N) is 1. The molecule has 0 spiro atoms. The highest BCUT2D eigenvalue weighted by molar-refractivity contribution is 5.39. The maximum absolute atomic E-state index is 5.57. The van der Waals surface area contributed by atoms with E-state index in [0.29, 0.717) is 13.3 Å². The molecule has 1 rings (SSSR count). The Morgan fingerprint density at radius 3 is 2.56 bits per heavy atom. The molecule has 0 heterocycles. The molecule has 0 bridgehead atoms. The topological polar surface area (TPSA) is 30.5 Å². The molecule has 0 saturated carbocycles. The third-order valence-corrected chi connectivity index (χ3v) is 3.07. The minimum atomic E-state index is 0.0774. The Bertz CT molecular complexity index is 375. The van der Waals surface area contributed by atoms with Crippen molar-refractivity contribution in [3.63, 3.8) is 0 Å². The molecule has 0 fully saturated rings. The lowest BCUT2D eigenvalue weighted by molar-refractivity contribution is 0.169. The fourth-order valence-electron chi connectivity index (χ4n) is 1.96. The Morgan fingerprint density at radius 2 is 2.00 bits per heavy atom. The third-order valence-electron chi connectivity index (χ3n) is 3.07. The molecule has 0 aromatic heterocycles. The molecule has 18 heavy (non-hydrogen) atoms. The summed E-state index contributed by atoms with van der Waals surface area (Å²) in [7, 11) is 1.70. The first-order chi connectivity index (χ1) is 8.51. The van der Waals surface area contributed by atoms with Crippen LogP contribution in [0.5, 0.6) is 5.75 Å².